The SMILES string of the molecule is CCOc1ccccc1N(CC)C(CC)C(=O)O. The number of carbonyl (C=O) groups is 1. The van der Waals surface area contributed by atoms with Crippen molar-refractivity contribution in [3.05, 3.63) is 24.3 Å². The third kappa shape index (κ3) is 3.15. The Morgan fingerprint density at radius 1 is 1.33 bits per heavy atom. The van der Waals surface area contributed by atoms with E-state index in [0.717, 1.165) is 11.4 Å². The van der Waals surface area contributed by atoms with Crippen LogP contribution in [-0.2, 0) is 4.79 Å². The minimum atomic E-state index is -0.800. The molecule has 1 unspecified atom stereocenters. The fourth-order valence-corrected chi connectivity index (χ4v) is 2.06. The molecule has 0 aliphatic heterocycles. The van der Waals surface area contributed by atoms with Crippen LogP contribution in [0.1, 0.15) is 27.2 Å². The number of anilines is 1. The molecule has 18 heavy (non-hydrogen) atoms. The van der Waals surface area contributed by atoms with Crippen LogP contribution in [0.3, 0.4) is 0 Å². The Labute approximate surface area is 108 Å². The number of benzene rings is 1. The van der Waals surface area contributed by atoms with E-state index in [9.17, 15) is 9.90 Å². The topological polar surface area (TPSA) is 49.8 Å². The van der Waals surface area contributed by atoms with Crippen molar-refractivity contribution in [2.75, 3.05) is 18.1 Å². The van der Waals surface area contributed by atoms with Crippen LogP contribution in [0, 0.1) is 0 Å². The van der Waals surface area contributed by atoms with Crippen LogP contribution < -0.4 is 9.64 Å². The molecule has 4 heteroatoms. The van der Waals surface area contributed by atoms with E-state index in [4.69, 9.17) is 4.74 Å². The standard InChI is InChI=1S/C14H21NO3/c1-4-11(14(16)17)15(5-2)12-9-7-8-10-13(12)18-6-3/h7-11H,4-6H2,1-3H3,(H,16,17). The molecule has 0 amide bonds. The Bertz CT molecular complexity index is 392. The lowest BCUT2D eigenvalue weighted by molar-refractivity contribution is -0.138. The quantitative estimate of drug-likeness (QED) is 0.809. The van der Waals surface area contributed by atoms with E-state index in [0.29, 0.717) is 19.6 Å². The van der Waals surface area contributed by atoms with Crippen molar-refractivity contribution < 1.29 is 14.6 Å². The Kier molecular flexibility index (Phi) is 5.49. The van der Waals surface area contributed by atoms with Gasteiger partial charge in [0.1, 0.15) is 11.8 Å². The van der Waals surface area contributed by atoms with Gasteiger partial charge in [-0.3, -0.25) is 0 Å². The molecular weight excluding hydrogens is 230 g/mol. The van der Waals surface area contributed by atoms with Crippen molar-refractivity contribution in [3.8, 4) is 5.75 Å². The summed E-state index contributed by atoms with van der Waals surface area (Å²) in [5.41, 5.74) is 0.844. The molecule has 1 rings (SSSR count). The largest absolute Gasteiger partial charge is 0.492 e. The highest BCUT2D eigenvalue weighted by molar-refractivity contribution is 5.79. The number of aliphatic carboxylic acids is 1. The number of likely N-dealkylation sites (N-methyl/N-ethyl adjacent to an activating group) is 1. The molecule has 1 aromatic rings. The average molecular weight is 251 g/mol. The molecule has 0 aliphatic rings. The molecule has 1 atom stereocenters. The van der Waals surface area contributed by atoms with Gasteiger partial charge in [-0.1, -0.05) is 19.1 Å². The molecule has 0 fully saturated rings. The highest BCUT2D eigenvalue weighted by Crippen LogP contribution is 2.30. The molecule has 4 nitrogen and oxygen atoms in total. The zero-order chi connectivity index (χ0) is 13.5. The summed E-state index contributed by atoms with van der Waals surface area (Å²) in [5, 5.41) is 9.27. The Hall–Kier alpha value is -1.71. The molecule has 0 aromatic heterocycles. The van der Waals surface area contributed by atoms with Gasteiger partial charge < -0.3 is 14.7 Å². The maximum atomic E-state index is 11.3. The zero-order valence-corrected chi connectivity index (χ0v) is 11.2. The van der Waals surface area contributed by atoms with Crippen molar-refractivity contribution in [2.45, 2.75) is 33.2 Å². The zero-order valence-electron chi connectivity index (χ0n) is 11.2. The molecule has 0 spiro atoms. The predicted molar refractivity (Wildman–Crippen MR) is 72.3 cm³/mol. The lowest BCUT2D eigenvalue weighted by atomic mass is 10.1. The van der Waals surface area contributed by atoms with E-state index < -0.39 is 12.0 Å². The number of carboxylic acid groups (broad SMARTS) is 1. The minimum absolute atomic E-state index is 0.517. The van der Waals surface area contributed by atoms with Crippen LogP contribution in [0.5, 0.6) is 5.75 Å². The van der Waals surface area contributed by atoms with Gasteiger partial charge >= 0.3 is 5.97 Å². The molecule has 0 aliphatic carbocycles. The van der Waals surface area contributed by atoms with E-state index >= 15 is 0 Å². The molecule has 0 radical (unpaired) electrons. The maximum Gasteiger partial charge on any atom is 0.326 e. The summed E-state index contributed by atoms with van der Waals surface area (Å²) < 4.78 is 5.56. The molecule has 100 valence electrons. The van der Waals surface area contributed by atoms with Crippen LogP contribution in [-0.4, -0.2) is 30.3 Å². The van der Waals surface area contributed by atoms with Crippen LogP contribution >= 0.6 is 0 Å². The Balaban J connectivity index is 3.11. The van der Waals surface area contributed by atoms with Gasteiger partial charge in [0.25, 0.3) is 0 Å². The third-order valence-electron chi connectivity index (χ3n) is 2.86. The van der Waals surface area contributed by atoms with Gasteiger partial charge in [0.05, 0.1) is 12.3 Å². The van der Waals surface area contributed by atoms with E-state index in [1.807, 2.05) is 49.9 Å². The summed E-state index contributed by atoms with van der Waals surface area (Å²) in [6, 6.07) is 7.05. The summed E-state index contributed by atoms with van der Waals surface area (Å²) in [6.07, 6.45) is 0.559. The maximum absolute atomic E-state index is 11.3. The summed E-state index contributed by atoms with van der Waals surface area (Å²) in [6.45, 7) is 6.95. The van der Waals surface area contributed by atoms with Crippen molar-refractivity contribution in [1.82, 2.24) is 0 Å². The number of nitrogens with zero attached hydrogens (tertiary/aromatic N) is 1. The van der Waals surface area contributed by atoms with Crippen LogP contribution in [0.25, 0.3) is 0 Å². The monoisotopic (exact) mass is 251 g/mol. The smallest absolute Gasteiger partial charge is 0.326 e. The van der Waals surface area contributed by atoms with Gasteiger partial charge in [-0.2, -0.15) is 0 Å². The van der Waals surface area contributed by atoms with Gasteiger partial charge in [0.2, 0.25) is 0 Å². The molecule has 0 saturated carbocycles. The van der Waals surface area contributed by atoms with E-state index in [2.05, 4.69) is 0 Å². The van der Waals surface area contributed by atoms with Gasteiger partial charge in [0, 0.05) is 6.54 Å². The van der Waals surface area contributed by atoms with Crippen molar-refractivity contribution >= 4 is 11.7 Å². The molecule has 0 heterocycles. The number of para-hydroxylation sites is 2. The molecule has 0 bridgehead atoms. The third-order valence-corrected chi connectivity index (χ3v) is 2.86. The van der Waals surface area contributed by atoms with Crippen LogP contribution in [0.15, 0.2) is 24.3 Å². The minimum Gasteiger partial charge on any atom is -0.492 e. The lowest BCUT2D eigenvalue weighted by Gasteiger charge is -2.30. The second-order valence-electron chi connectivity index (χ2n) is 3.95. The summed E-state index contributed by atoms with van der Waals surface area (Å²) in [5.74, 6) is -0.0628. The first-order valence-electron chi connectivity index (χ1n) is 6.36. The van der Waals surface area contributed by atoms with Gasteiger partial charge in [0.15, 0.2) is 0 Å². The highest BCUT2D eigenvalue weighted by atomic mass is 16.5. The van der Waals surface area contributed by atoms with E-state index in [1.54, 1.807) is 0 Å². The first-order chi connectivity index (χ1) is 8.65. The number of ether oxygens (including phenoxy) is 1. The summed E-state index contributed by atoms with van der Waals surface area (Å²) in [4.78, 5) is 13.2. The molecular formula is C14H21NO3. The second kappa shape index (κ2) is 6.89. The number of rotatable bonds is 7. The fraction of sp³-hybridized carbons (Fsp3) is 0.500. The van der Waals surface area contributed by atoms with Crippen LogP contribution in [0.4, 0.5) is 5.69 Å². The number of hydrogen-bond acceptors (Lipinski definition) is 3. The summed E-state index contributed by atoms with van der Waals surface area (Å²) in [7, 11) is 0. The molecule has 1 aromatic carbocycles. The fourth-order valence-electron chi connectivity index (χ4n) is 2.06. The van der Waals surface area contributed by atoms with Gasteiger partial charge in [-0.05, 0) is 32.4 Å². The Morgan fingerprint density at radius 2 is 2.00 bits per heavy atom. The lowest BCUT2D eigenvalue weighted by Crippen LogP contribution is -2.41. The number of hydrogen-bond donors (Lipinski definition) is 1. The molecule has 1 N–H and O–H groups in total. The second-order valence-corrected chi connectivity index (χ2v) is 3.95. The number of carboxylic acids is 1. The average Bonchev–Trinajstić information content (AvgIpc) is 2.36. The van der Waals surface area contributed by atoms with Crippen molar-refractivity contribution in [3.63, 3.8) is 0 Å². The van der Waals surface area contributed by atoms with Gasteiger partial charge in [-0.25, -0.2) is 4.79 Å². The van der Waals surface area contributed by atoms with Crippen molar-refractivity contribution in [1.29, 1.82) is 0 Å². The van der Waals surface area contributed by atoms with E-state index in [-0.39, 0.29) is 0 Å². The molecule has 0 saturated heterocycles. The van der Waals surface area contributed by atoms with E-state index in [1.165, 1.54) is 0 Å². The Morgan fingerprint density at radius 3 is 2.50 bits per heavy atom. The van der Waals surface area contributed by atoms with Crippen LogP contribution in [0.2, 0.25) is 0 Å². The normalized spacial score (nSPS) is 11.9. The van der Waals surface area contributed by atoms with Gasteiger partial charge in [-0.15, -0.1) is 0 Å². The predicted octanol–water partition coefficient (Wildman–Crippen LogP) is 2.77. The first kappa shape index (κ1) is 14.4. The highest BCUT2D eigenvalue weighted by Gasteiger charge is 2.24. The summed E-state index contributed by atoms with van der Waals surface area (Å²) >= 11 is 0. The van der Waals surface area contributed by atoms with Crippen molar-refractivity contribution in [2.24, 2.45) is 0 Å². The first-order valence-corrected chi connectivity index (χ1v) is 6.36.